The number of carbonyl (C=O) groups is 2. The number of ether oxygens (including phenoxy) is 1. The van der Waals surface area contributed by atoms with Crippen molar-refractivity contribution in [2.75, 3.05) is 26.8 Å². The summed E-state index contributed by atoms with van der Waals surface area (Å²) < 4.78 is 19.0. The topological polar surface area (TPSA) is 66.8 Å². The van der Waals surface area contributed by atoms with Crippen molar-refractivity contribution in [3.63, 3.8) is 0 Å². The first-order valence-corrected chi connectivity index (χ1v) is 7.44. The molecule has 1 N–H and O–H groups in total. The van der Waals surface area contributed by atoms with Gasteiger partial charge >= 0.3 is 5.97 Å². The van der Waals surface area contributed by atoms with E-state index in [4.69, 9.17) is 9.84 Å². The number of hydrogen-bond donors (Lipinski definition) is 1. The number of nitrogens with zero attached hydrogens (tertiary/aromatic N) is 1. The minimum absolute atomic E-state index is 0.184. The third kappa shape index (κ3) is 3.42. The Kier molecular flexibility index (Phi) is 5.10. The molecule has 0 bridgehead atoms. The van der Waals surface area contributed by atoms with Crippen molar-refractivity contribution < 1.29 is 23.8 Å². The molecule has 0 atom stereocenters. The fraction of sp³-hybridized carbons (Fsp3) is 0.333. The summed E-state index contributed by atoms with van der Waals surface area (Å²) >= 11 is 1.24. The lowest BCUT2D eigenvalue weighted by Gasteiger charge is -2.19. The van der Waals surface area contributed by atoms with Crippen LogP contribution in [0.3, 0.4) is 0 Å². The molecular weight excluding hydrogens is 309 g/mol. The monoisotopic (exact) mass is 325 g/mol. The first kappa shape index (κ1) is 16.4. The Labute approximate surface area is 130 Å². The number of carboxylic acid groups (broad SMARTS) is 1. The van der Waals surface area contributed by atoms with Crippen LogP contribution in [0.2, 0.25) is 0 Å². The van der Waals surface area contributed by atoms with Crippen molar-refractivity contribution in [1.82, 2.24) is 4.90 Å². The van der Waals surface area contributed by atoms with Crippen molar-refractivity contribution in [3.05, 3.63) is 34.5 Å². The third-order valence-electron chi connectivity index (χ3n) is 3.27. The normalized spacial score (nSPS) is 10.9. The SMILES string of the molecule is COCCN(CC(=O)O)C(=O)c1sc2ccc(F)cc2c1C. The lowest BCUT2D eigenvalue weighted by molar-refractivity contribution is -0.137. The molecule has 0 aliphatic carbocycles. The highest BCUT2D eigenvalue weighted by atomic mass is 32.1. The van der Waals surface area contributed by atoms with E-state index >= 15 is 0 Å². The second-order valence-corrected chi connectivity index (χ2v) is 5.86. The van der Waals surface area contributed by atoms with Gasteiger partial charge in [-0.25, -0.2) is 4.39 Å². The fourth-order valence-corrected chi connectivity index (χ4v) is 3.32. The maximum absolute atomic E-state index is 13.3. The molecule has 0 fully saturated rings. The molecule has 7 heteroatoms. The standard InChI is InChI=1S/C15H16FNO4S/c1-9-11-7-10(16)3-4-12(11)22-14(9)15(20)17(5-6-21-2)8-13(18)19/h3-4,7H,5-6,8H2,1-2H3,(H,18,19). The zero-order valence-corrected chi connectivity index (χ0v) is 13.1. The van der Waals surface area contributed by atoms with Crippen molar-refractivity contribution in [2.45, 2.75) is 6.92 Å². The number of carbonyl (C=O) groups excluding carboxylic acids is 1. The number of rotatable bonds is 6. The number of halogens is 1. The van der Waals surface area contributed by atoms with E-state index in [1.165, 1.54) is 35.5 Å². The summed E-state index contributed by atoms with van der Waals surface area (Å²) in [5.41, 5.74) is 0.664. The molecule has 0 saturated carbocycles. The highest BCUT2D eigenvalue weighted by molar-refractivity contribution is 7.21. The Morgan fingerprint density at radius 2 is 2.14 bits per heavy atom. The quantitative estimate of drug-likeness (QED) is 0.886. The minimum atomic E-state index is -1.09. The number of thiophene rings is 1. The van der Waals surface area contributed by atoms with Gasteiger partial charge in [-0.05, 0) is 36.1 Å². The number of fused-ring (bicyclic) bond motifs is 1. The van der Waals surface area contributed by atoms with Crippen molar-refractivity contribution >= 4 is 33.3 Å². The molecule has 2 aromatic rings. The van der Waals surface area contributed by atoms with E-state index in [-0.39, 0.29) is 24.9 Å². The van der Waals surface area contributed by atoms with Gasteiger partial charge in [0, 0.05) is 18.4 Å². The van der Waals surface area contributed by atoms with Crippen LogP contribution in [0.5, 0.6) is 0 Å². The molecular formula is C15H16FNO4S. The van der Waals surface area contributed by atoms with Gasteiger partial charge in [0.15, 0.2) is 0 Å². The smallest absolute Gasteiger partial charge is 0.323 e. The lowest BCUT2D eigenvalue weighted by atomic mass is 10.1. The summed E-state index contributed by atoms with van der Waals surface area (Å²) in [5.74, 6) is -1.83. The van der Waals surface area contributed by atoms with Gasteiger partial charge in [0.2, 0.25) is 0 Å². The molecule has 1 aromatic heterocycles. The van der Waals surface area contributed by atoms with Gasteiger partial charge in [0.25, 0.3) is 5.91 Å². The maximum Gasteiger partial charge on any atom is 0.323 e. The summed E-state index contributed by atoms with van der Waals surface area (Å²) in [6.07, 6.45) is 0. The Balaban J connectivity index is 2.37. The number of amides is 1. The first-order chi connectivity index (χ1) is 10.4. The van der Waals surface area contributed by atoms with Crippen molar-refractivity contribution in [1.29, 1.82) is 0 Å². The second-order valence-electron chi connectivity index (χ2n) is 4.81. The van der Waals surface area contributed by atoms with E-state index in [9.17, 15) is 14.0 Å². The molecule has 0 spiro atoms. The van der Waals surface area contributed by atoms with Gasteiger partial charge in [-0.15, -0.1) is 11.3 Å². The van der Waals surface area contributed by atoms with Crippen LogP contribution < -0.4 is 0 Å². The molecule has 0 radical (unpaired) electrons. The summed E-state index contributed by atoms with van der Waals surface area (Å²) in [6, 6.07) is 4.34. The number of aliphatic carboxylic acids is 1. The Morgan fingerprint density at radius 3 is 2.77 bits per heavy atom. The largest absolute Gasteiger partial charge is 0.480 e. The van der Waals surface area contributed by atoms with Gasteiger partial charge in [-0.1, -0.05) is 0 Å². The van der Waals surface area contributed by atoms with Gasteiger partial charge in [0.05, 0.1) is 11.5 Å². The molecule has 0 aliphatic heterocycles. The number of benzene rings is 1. The molecule has 118 valence electrons. The zero-order valence-electron chi connectivity index (χ0n) is 12.3. The van der Waals surface area contributed by atoms with Gasteiger partial charge in [-0.2, -0.15) is 0 Å². The molecule has 1 aromatic carbocycles. The Morgan fingerprint density at radius 1 is 1.41 bits per heavy atom. The highest BCUT2D eigenvalue weighted by Crippen LogP contribution is 2.32. The maximum atomic E-state index is 13.3. The molecule has 2 rings (SSSR count). The van der Waals surface area contributed by atoms with Gasteiger partial charge in [0.1, 0.15) is 12.4 Å². The van der Waals surface area contributed by atoms with E-state index in [1.54, 1.807) is 13.0 Å². The van der Waals surface area contributed by atoms with Gasteiger partial charge in [-0.3, -0.25) is 9.59 Å². The number of methoxy groups -OCH3 is 1. The van der Waals surface area contributed by atoms with Crippen LogP contribution >= 0.6 is 11.3 Å². The predicted octanol–water partition coefficient (Wildman–Crippen LogP) is 2.52. The average molecular weight is 325 g/mol. The second kappa shape index (κ2) is 6.85. The summed E-state index contributed by atoms with van der Waals surface area (Å²) in [5, 5.41) is 9.62. The van der Waals surface area contributed by atoms with Crippen LogP contribution in [-0.2, 0) is 9.53 Å². The van der Waals surface area contributed by atoms with Crippen molar-refractivity contribution in [3.8, 4) is 0 Å². The average Bonchev–Trinajstić information content (AvgIpc) is 2.79. The highest BCUT2D eigenvalue weighted by Gasteiger charge is 2.23. The minimum Gasteiger partial charge on any atom is -0.480 e. The molecule has 0 unspecified atom stereocenters. The summed E-state index contributed by atoms with van der Waals surface area (Å²) in [6.45, 7) is 1.77. The van der Waals surface area contributed by atoms with Crippen molar-refractivity contribution in [2.24, 2.45) is 0 Å². The van der Waals surface area contributed by atoms with Gasteiger partial charge < -0.3 is 14.7 Å². The van der Waals surface area contributed by atoms with Crippen LogP contribution in [0.1, 0.15) is 15.2 Å². The molecule has 0 saturated heterocycles. The number of aryl methyl sites for hydroxylation is 1. The lowest BCUT2D eigenvalue weighted by Crippen LogP contribution is -2.37. The van der Waals surface area contributed by atoms with Crippen LogP contribution in [0, 0.1) is 12.7 Å². The van der Waals surface area contributed by atoms with Crippen LogP contribution in [-0.4, -0.2) is 48.7 Å². The Bertz CT molecular complexity index is 713. The fourth-order valence-electron chi connectivity index (χ4n) is 2.16. The van der Waals surface area contributed by atoms with E-state index in [2.05, 4.69) is 0 Å². The summed E-state index contributed by atoms with van der Waals surface area (Å²) in [7, 11) is 1.48. The molecule has 22 heavy (non-hydrogen) atoms. The molecule has 1 amide bonds. The third-order valence-corrected chi connectivity index (χ3v) is 4.53. The van der Waals surface area contributed by atoms with E-state index < -0.39 is 12.5 Å². The number of carboxylic acids is 1. The zero-order chi connectivity index (χ0) is 16.3. The van der Waals surface area contributed by atoms with E-state index in [0.29, 0.717) is 15.8 Å². The van der Waals surface area contributed by atoms with Crippen LogP contribution in [0.25, 0.3) is 10.1 Å². The Hall–Kier alpha value is -1.99. The first-order valence-electron chi connectivity index (χ1n) is 6.62. The summed E-state index contributed by atoms with van der Waals surface area (Å²) in [4.78, 5) is 25.2. The number of hydrogen-bond acceptors (Lipinski definition) is 4. The molecule has 5 nitrogen and oxygen atoms in total. The van der Waals surface area contributed by atoms with E-state index in [0.717, 1.165) is 4.70 Å². The molecule has 1 heterocycles. The predicted molar refractivity (Wildman–Crippen MR) is 81.9 cm³/mol. The van der Waals surface area contributed by atoms with Crippen LogP contribution in [0.15, 0.2) is 18.2 Å². The van der Waals surface area contributed by atoms with Crippen LogP contribution in [0.4, 0.5) is 4.39 Å². The van der Waals surface area contributed by atoms with E-state index in [1.807, 2.05) is 0 Å². The molecule has 0 aliphatic rings.